The highest BCUT2D eigenvalue weighted by Gasteiger charge is 2.16. The fourth-order valence-electron chi connectivity index (χ4n) is 3.20. The van der Waals surface area contributed by atoms with Crippen molar-refractivity contribution < 1.29 is 14.3 Å². The molecule has 0 spiro atoms. The smallest absolute Gasteiger partial charge is 0.244 e. The number of aromatic nitrogens is 3. The van der Waals surface area contributed by atoms with Gasteiger partial charge in [0.2, 0.25) is 5.91 Å². The number of rotatable bonds is 6. The van der Waals surface area contributed by atoms with E-state index in [2.05, 4.69) is 10.3 Å². The number of imidazole rings is 1. The number of amides is 1. The van der Waals surface area contributed by atoms with Gasteiger partial charge in [-0.2, -0.15) is 0 Å². The van der Waals surface area contributed by atoms with Gasteiger partial charge in [-0.15, -0.1) is 0 Å². The number of nitrogens with one attached hydrogen (secondary N) is 1. The number of nitrogens with zero attached hydrogens (tertiary/aromatic N) is 3. The molecule has 0 saturated heterocycles. The van der Waals surface area contributed by atoms with Gasteiger partial charge in [-0.25, -0.2) is 4.98 Å². The molecule has 0 aliphatic heterocycles. The first kappa shape index (κ1) is 18.5. The van der Waals surface area contributed by atoms with Gasteiger partial charge in [0.15, 0.2) is 0 Å². The zero-order chi connectivity index (χ0) is 20.2. The fourth-order valence-corrected chi connectivity index (χ4v) is 3.20. The maximum atomic E-state index is 12.9. The summed E-state index contributed by atoms with van der Waals surface area (Å²) in [5.74, 6) is 1.70. The van der Waals surface area contributed by atoms with Crippen molar-refractivity contribution in [3.63, 3.8) is 0 Å². The molecule has 0 radical (unpaired) electrons. The molecule has 0 fully saturated rings. The van der Waals surface area contributed by atoms with Crippen molar-refractivity contribution >= 4 is 22.6 Å². The van der Waals surface area contributed by atoms with Crippen molar-refractivity contribution in [2.24, 2.45) is 0 Å². The number of hydrogen-bond acceptors (Lipinski definition) is 5. The second kappa shape index (κ2) is 8.02. The van der Waals surface area contributed by atoms with E-state index in [0.29, 0.717) is 23.0 Å². The Kier molecular flexibility index (Phi) is 5.11. The van der Waals surface area contributed by atoms with E-state index in [1.54, 1.807) is 44.8 Å². The maximum absolute atomic E-state index is 12.9. The lowest BCUT2D eigenvalue weighted by Gasteiger charge is -2.13. The summed E-state index contributed by atoms with van der Waals surface area (Å²) in [5, 5.41) is 2.91. The predicted octanol–water partition coefficient (Wildman–Crippen LogP) is 3.75. The molecule has 0 aliphatic rings. The number of anilines is 1. The van der Waals surface area contributed by atoms with Gasteiger partial charge >= 0.3 is 0 Å². The molecule has 1 N–H and O–H groups in total. The van der Waals surface area contributed by atoms with Crippen molar-refractivity contribution in [1.82, 2.24) is 14.5 Å². The first-order chi connectivity index (χ1) is 14.2. The number of carbonyl (C=O) groups excluding carboxylic acids is 1. The van der Waals surface area contributed by atoms with E-state index in [1.807, 2.05) is 41.0 Å². The van der Waals surface area contributed by atoms with Crippen molar-refractivity contribution in [1.29, 1.82) is 0 Å². The standard InChI is InChI=1S/C22H20N4O3/c1-28-16-7-8-20(29-2)18(13-16)24-21(27)14-26-19-6-4-3-5-17(19)25-22(26)15-9-11-23-12-10-15/h3-13H,14H2,1-2H3,(H,24,27). The monoisotopic (exact) mass is 388 g/mol. The molecule has 1 amide bonds. The lowest BCUT2D eigenvalue weighted by atomic mass is 10.2. The predicted molar refractivity (Wildman–Crippen MR) is 111 cm³/mol. The third-order valence-electron chi connectivity index (χ3n) is 4.58. The molecule has 7 heteroatoms. The second-order valence-electron chi connectivity index (χ2n) is 6.36. The first-order valence-electron chi connectivity index (χ1n) is 9.07. The highest BCUT2D eigenvalue weighted by Crippen LogP contribution is 2.29. The van der Waals surface area contributed by atoms with Crippen LogP contribution in [0.25, 0.3) is 22.4 Å². The van der Waals surface area contributed by atoms with Crippen LogP contribution in [0.1, 0.15) is 0 Å². The molecule has 146 valence electrons. The van der Waals surface area contributed by atoms with Gasteiger partial charge in [0.25, 0.3) is 0 Å². The lowest BCUT2D eigenvalue weighted by Crippen LogP contribution is -2.19. The molecular weight excluding hydrogens is 368 g/mol. The van der Waals surface area contributed by atoms with Crippen molar-refractivity contribution in [3.05, 3.63) is 67.0 Å². The first-order valence-corrected chi connectivity index (χ1v) is 9.07. The normalized spacial score (nSPS) is 10.7. The van der Waals surface area contributed by atoms with E-state index < -0.39 is 0 Å². The number of pyridine rings is 1. The Morgan fingerprint density at radius 1 is 1.03 bits per heavy atom. The Balaban J connectivity index is 1.68. The molecule has 0 bridgehead atoms. The van der Waals surface area contributed by atoms with Crippen LogP contribution in [-0.4, -0.2) is 34.7 Å². The number of benzene rings is 2. The number of ether oxygens (including phenoxy) is 2. The minimum Gasteiger partial charge on any atom is -0.497 e. The summed E-state index contributed by atoms with van der Waals surface area (Å²) < 4.78 is 12.5. The summed E-state index contributed by atoms with van der Waals surface area (Å²) >= 11 is 0. The van der Waals surface area contributed by atoms with Crippen LogP contribution in [0.2, 0.25) is 0 Å². The summed E-state index contributed by atoms with van der Waals surface area (Å²) in [5.41, 5.74) is 3.15. The second-order valence-corrected chi connectivity index (χ2v) is 6.36. The Labute approximate surface area is 167 Å². The zero-order valence-electron chi connectivity index (χ0n) is 16.1. The molecule has 2 aromatic carbocycles. The average molecular weight is 388 g/mol. The van der Waals surface area contributed by atoms with E-state index in [-0.39, 0.29) is 12.5 Å². The highest BCUT2D eigenvalue weighted by atomic mass is 16.5. The Hall–Kier alpha value is -3.87. The molecule has 0 unspecified atom stereocenters. The Morgan fingerprint density at radius 3 is 2.59 bits per heavy atom. The van der Waals surface area contributed by atoms with Crippen LogP contribution in [0, 0.1) is 0 Å². The van der Waals surface area contributed by atoms with E-state index in [1.165, 1.54) is 0 Å². The summed E-state index contributed by atoms with van der Waals surface area (Å²) in [7, 11) is 3.13. The lowest BCUT2D eigenvalue weighted by molar-refractivity contribution is -0.116. The number of carbonyl (C=O) groups is 1. The van der Waals surface area contributed by atoms with Crippen LogP contribution >= 0.6 is 0 Å². The minimum atomic E-state index is -0.199. The van der Waals surface area contributed by atoms with Gasteiger partial charge < -0.3 is 19.4 Å². The van der Waals surface area contributed by atoms with Crippen molar-refractivity contribution in [2.45, 2.75) is 6.54 Å². The van der Waals surface area contributed by atoms with Gasteiger partial charge in [-0.3, -0.25) is 9.78 Å². The molecular formula is C22H20N4O3. The van der Waals surface area contributed by atoms with Crippen LogP contribution in [0.3, 0.4) is 0 Å². The molecule has 0 aliphatic carbocycles. The van der Waals surface area contributed by atoms with Crippen LogP contribution in [0.4, 0.5) is 5.69 Å². The van der Waals surface area contributed by atoms with Crippen LogP contribution in [-0.2, 0) is 11.3 Å². The maximum Gasteiger partial charge on any atom is 0.244 e. The average Bonchev–Trinajstić information content (AvgIpc) is 3.12. The van der Waals surface area contributed by atoms with Gasteiger partial charge in [0.05, 0.1) is 30.9 Å². The number of hydrogen-bond donors (Lipinski definition) is 1. The quantitative estimate of drug-likeness (QED) is 0.544. The SMILES string of the molecule is COc1ccc(OC)c(NC(=O)Cn2c(-c3ccncc3)nc3ccccc32)c1. The molecule has 0 saturated carbocycles. The van der Waals surface area contributed by atoms with Gasteiger partial charge in [-0.05, 0) is 36.4 Å². The molecule has 4 aromatic rings. The van der Waals surface area contributed by atoms with Gasteiger partial charge in [0, 0.05) is 24.0 Å². The summed E-state index contributed by atoms with van der Waals surface area (Å²) in [6.07, 6.45) is 3.42. The molecule has 29 heavy (non-hydrogen) atoms. The summed E-state index contributed by atoms with van der Waals surface area (Å²) in [6.45, 7) is 0.0958. The fraction of sp³-hybridized carbons (Fsp3) is 0.136. The molecule has 2 aromatic heterocycles. The zero-order valence-corrected chi connectivity index (χ0v) is 16.1. The minimum absolute atomic E-state index is 0.0958. The third-order valence-corrected chi connectivity index (χ3v) is 4.58. The molecule has 7 nitrogen and oxygen atoms in total. The molecule has 4 rings (SSSR count). The summed E-state index contributed by atoms with van der Waals surface area (Å²) in [4.78, 5) is 21.7. The van der Waals surface area contributed by atoms with Crippen LogP contribution < -0.4 is 14.8 Å². The number of fused-ring (bicyclic) bond motifs is 1. The number of para-hydroxylation sites is 2. The van der Waals surface area contributed by atoms with Crippen LogP contribution in [0.15, 0.2) is 67.0 Å². The van der Waals surface area contributed by atoms with Crippen LogP contribution in [0.5, 0.6) is 11.5 Å². The van der Waals surface area contributed by atoms with E-state index in [9.17, 15) is 4.79 Å². The number of methoxy groups -OCH3 is 2. The van der Waals surface area contributed by atoms with E-state index in [0.717, 1.165) is 16.6 Å². The molecule has 0 atom stereocenters. The van der Waals surface area contributed by atoms with Crippen molar-refractivity contribution in [3.8, 4) is 22.9 Å². The topological polar surface area (TPSA) is 78.3 Å². The largest absolute Gasteiger partial charge is 0.497 e. The Bertz CT molecular complexity index is 1160. The highest BCUT2D eigenvalue weighted by molar-refractivity contribution is 5.94. The summed E-state index contributed by atoms with van der Waals surface area (Å²) in [6, 6.07) is 16.7. The van der Waals surface area contributed by atoms with E-state index in [4.69, 9.17) is 14.5 Å². The van der Waals surface area contributed by atoms with Crippen molar-refractivity contribution in [2.75, 3.05) is 19.5 Å². The van der Waals surface area contributed by atoms with Gasteiger partial charge in [-0.1, -0.05) is 12.1 Å². The van der Waals surface area contributed by atoms with E-state index >= 15 is 0 Å². The third kappa shape index (κ3) is 3.75. The Morgan fingerprint density at radius 2 is 1.83 bits per heavy atom. The van der Waals surface area contributed by atoms with Gasteiger partial charge in [0.1, 0.15) is 23.9 Å². The molecule has 2 heterocycles.